The van der Waals surface area contributed by atoms with E-state index in [0.717, 1.165) is 25.1 Å². The zero-order valence-corrected chi connectivity index (χ0v) is 11.0. The maximum absolute atomic E-state index is 14.1. The van der Waals surface area contributed by atoms with Gasteiger partial charge in [-0.2, -0.15) is 0 Å². The smallest absolute Gasteiger partial charge is 0.146 e. The van der Waals surface area contributed by atoms with Crippen LogP contribution in [0.1, 0.15) is 31.9 Å². The number of morpholine rings is 1. The molecule has 1 saturated heterocycles. The van der Waals surface area contributed by atoms with Crippen LogP contribution in [0, 0.1) is 5.82 Å². The number of ether oxygens (including phenoxy) is 1. The molecule has 0 aliphatic carbocycles. The number of nitrogens with two attached hydrogens (primary N) is 1. The van der Waals surface area contributed by atoms with Crippen molar-refractivity contribution >= 4 is 5.69 Å². The van der Waals surface area contributed by atoms with Crippen LogP contribution in [-0.2, 0) is 4.74 Å². The van der Waals surface area contributed by atoms with E-state index in [1.807, 2.05) is 19.1 Å². The molecule has 4 heteroatoms. The summed E-state index contributed by atoms with van der Waals surface area (Å²) in [7, 11) is 0. The van der Waals surface area contributed by atoms with Crippen molar-refractivity contribution in [1.82, 2.24) is 0 Å². The summed E-state index contributed by atoms with van der Waals surface area (Å²) in [5.74, 6) is -0.193. The van der Waals surface area contributed by atoms with Crippen molar-refractivity contribution in [3.8, 4) is 0 Å². The fourth-order valence-electron chi connectivity index (χ4n) is 2.25. The fraction of sp³-hybridized carbons (Fsp3) is 0.571. The summed E-state index contributed by atoms with van der Waals surface area (Å²) >= 11 is 0. The van der Waals surface area contributed by atoms with Crippen molar-refractivity contribution in [2.45, 2.75) is 32.4 Å². The van der Waals surface area contributed by atoms with Crippen molar-refractivity contribution in [2.75, 3.05) is 24.6 Å². The van der Waals surface area contributed by atoms with Crippen LogP contribution in [0.25, 0.3) is 0 Å². The molecule has 1 aromatic carbocycles. The molecule has 1 aliphatic rings. The average Bonchev–Trinajstić information content (AvgIpc) is 2.38. The minimum absolute atomic E-state index is 0.137. The summed E-state index contributed by atoms with van der Waals surface area (Å²) in [4.78, 5) is 2.05. The number of hydrogen-bond donors (Lipinski definition) is 1. The van der Waals surface area contributed by atoms with Crippen LogP contribution in [-0.4, -0.2) is 25.8 Å². The average molecular weight is 252 g/mol. The molecule has 0 radical (unpaired) electrons. The standard InChI is InChI=1S/C14H21FN2O/c1-3-12-9-17(6-7-18-12)14-5-4-11(10(2)16)8-13(14)15/h4-5,8,10,12H,3,6-7,9,16H2,1-2H3/t10-,12?/m0/s1. The van der Waals surface area contributed by atoms with Gasteiger partial charge >= 0.3 is 0 Å². The third kappa shape index (κ3) is 2.82. The molecule has 0 aromatic heterocycles. The van der Waals surface area contributed by atoms with Gasteiger partial charge in [-0.05, 0) is 31.0 Å². The first-order valence-electron chi connectivity index (χ1n) is 6.53. The second kappa shape index (κ2) is 5.67. The Labute approximate surface area is 108 Å². The Morgan fingerprint density at radius 2 is 2.33 bits per heavy atom. The highest BCUT2D eigenvalue weighted by Crippen LogP contribution is 2.25. The number of rotatable bonds is 3. The number of anilines is 1. The molecular formula is C14H21FN2O. The van der Waals surface area contributed by atoms with Crippen molar-refractivity contribution in [2.24, 2.45) is 5.73 Å². The highest BCUT2D eigenvalue weighted by Gasteiger charge is 2.21. The summed E-state index contributed by atoms with van der Waals surface area (Å²) in [5.41, 5.74) is 7.24. The first-order valence-corrected chi connectivity index (χ1v) is 6.53. The van der Waals surface area contributed by atoms with E-state index in [1.54, 1.807) is 0 Å². The van der Waals surface area contributed by atoms with Crippen molar-refractivity contribution in [1.29, 1.82) is 0 Å². The summed E-state index contributed by atoms with van der Waals surface area (Å²) in [6, 6.07) is 5.13. The number of benzene rings is 1. The van der Waals surface area contributed by atoms with Crippen LogP contribution in [0.2, 0.25) is 0 Å². The van der Waals surface area contributed by atoms with E-state index in [2.05, 4.69) is 11.8 Å². The summed E-state index contributed by atoms with van der Waals surface area (Å²) in [6.45, 7) is 6.10. The molecule has 3 nitrogen and oxygen atoms in total. The van der Waals surface area contributed by atoms with E-state index in [-0.39, 0.29) is 18.0 Å². The normalized spacial score (nSPS) is 22.0. The zero-order chi connectivity index (χ0) is 13.1. The van der Waals surface area contributed by atoms with Gasteiger partial charge < -0.3 is 15.4 Å². The number of nitrogens with zero attached hydrogens (tertiary/aromatic N) is 1. The second-order valence-electron chi connectivity index (χ2n) is 4.85. The summed E-state index contributed by atoms with van der Waals surface area (Å²) in [6.07, 6.45) is 1.15. The van der Waals surface area contributed by atoms with E-state index in [0.29, 0.717) is 12.3 Å². The second-order valence-corrected chi connectivity index (χ2v) is 4.85. The highest BCUT2D eigenvalue weighted by molar-refractivity contribution is 5.50. The van der Waals surface area contributed by atoms with Crippen LogP contribution in [0.3, 0.4) is 0 Å². The Morgan fingerprint density at radius 3 is 2.94 bits per heavy atom. The Balaban J connectivity index is 2.17. The van der Waals surface area contributed by atoms with Gasteiger partial charge in [0.1, 0.15) is 5.82 Å². The topological polar surface area (TPSA) is 38.5 Å². The van der Waals surface area contributed by atoms with E-state index < -0.39 is 0 Å². The molecule has 2 atom stereocenters. The van der Waals surface area contributed by atoms with Gasteiger partial charge in [0, 0.05) is 19.1 Å². The highest BCUT2D eigenvalue weighted by atomic mass is 19.1. The third-order valence-electron chi connectivity index (χ3n) is 3.43. The van der Waals surface area contributed by atoms with E-state index >= 15 is 0 Å². The molecule has 2 rings (SSSR count). The lowest BCUT2D eigenvalue weighted by atomic mass is 10.1. The molecule has 0 saturated carbocycles. The number of hydrogen-bond acceptors (Lipinski definition) is 3. The van der Waals surface area contributed by atoms with Gasteiger partial charge in [-0.1, -0.05) is 13.0 Å². The van der Waals surface area contributed by atoms with Gasteiger partial charge in [0.2, 0.25) is 0 Å². The van der Waals surface area contributed by atoms with Crippen LogP contribution in [0.4, 0.5) is 10.1 Å². The SMILES string of the molecule is CCC1CN(c2ccc([C@H](C)N)cc2F)CCO1. The maximum Gasteiger partial charge on any atom is 0.146 e. The fourth-order valence-corrected chi connectivity index (χ4v) is 2.25. The summed E-state index contributed by atoms with van der Waals surface area (Å²) < 4.78 is 19.7. The maximum atomic E-state index is 14.1. The molecule has 100 valence electrons. The predicted molar refractivity (Wildman–Crippen MR) is 71.2 cm³/mol. The molecule has 1 aliphatic heterocycles. The first-order chi connectivity index (χ1) is 8.61. The molecule has 0 spiro atoms. The molecule has 0 bridgehead atoms. The Morgan fingerprint density at radius 1 is 1.56 bits per heavy atom. The molecule has 2 N–H and O–H groups in total. The Kier molecular flexibility index (Phi) is 4.19. The predicted octanol–water partition coefficient (Wildman–Crippen LogP) is 2.46. The Bertz CT molecular complexity index is 409. The van der Waals surface area contributed by atoms with Crippen molar-refractivity contribution < 1.29 is 9.13 Å². The van der Waals surface area contributed by atoms with Gasteiger partial charge in [-0.15, -0.1) is 0 Å². The van der Waals surface area contributed by atoms with Crippen LogP contribution in [0.15, 0.2) is 18.2 Å². The van der Waals surface area contributed by atoms with Gasteiger partial charge in [-0.25, -0.2) is 4.39 Å². The van der Waals surface area contributed by atoms with Crippen LogP contribution < -0.4 is 10.6 Å². The minimum Gasteiger partial charge on any atom is -0.375 e. The summed E-state index contributed by atoms with van der Waals surface area (Å²) in [5, 5.41) is 0. The van der Waals surface area contributed by atoms with Crippen LogP contribution in [0.5, 0.6) is 0 Å². The Hall–Kier alpha value is -1.13. The quantitative estimate of drug-likeness (QED) is 0.898. The van der Waals surface area contributed by atoms with Gasteiger partial charge in [-0.3, -0.25) is 0 Å². The third-order valence-corrected chi connectivity index (χ3v) is 3.43. The minimum atomic E-state index is -0.193. The molecule has 1 fully saturated rings. The lowest BCUT2D eigenvalue weighted by molar-refractivity contribution is 0.0382. The number of halogens is 1. The molecule has 1 unspecified atom stereocenters. The first kappa shape index (κ1) is 13.3. The van der Waals surface area contributed by atoms with Crippen molar-refractivity contribution in [3.05, 3.63) is 29.6 Å². The monoisotopic (exact) mass is 252 g/mol. The molecule has 0 amide bonds. The zero-order valence-electron chi connectivity index (χ0n) is 11.0. The molecule has 1 heterocycles. The van der Waals surface area contributed by atoms with E-state index in [9.17, 15) is 4.39 Å². The van der Waals surface area contributed by atoms with Crippen molar-refractivity contribution in [3.63, 3.8) is 0 Å². The lowest BCUT2D eigenvalue weighted by Crippen LogP contribution is -2.42. The molecule has 18 heavy (non-hydrogen) atoms. The van der Waals surface area contributed by atoms with Gasteiger partial charge in [0.15, 0.2) is 0 Å². The van der Waals surface area contributed by atoms with Gasteiger partial charge in [0.05, 0.1) is 18.4 Å². The van der Waals surface area contributed by atoms with Gasteiger partial charge in [0.25, 0.3) is 0 Å². The van der Waals surface area contributed by atoms with E-state index in [1.165, 1.54) is 6.07 Å². The lowest BCUT2D eigenvalue weighted by Gasteiger charge is -2.34. The van der Waals surface area contributed by atoms with E-state index in [4.69, 9.17) is 10.5 Å². The molecule has 1 aromatic rings. The van der Waals surface area contributed by atoms with Crippen LogP contribution >= 0.6 is 0 Å². The molecular weight excluding hydrogens is 231 g/mol. The largest absolute Gasteiger partial charge is 0.375 e.